The molecule has 1 N–H and O–H groups in total. The average molecular weight is 196 g/mol. The molecule has 0 heterocycles. The standard InChI is InChI=1S/C10H6F2O2/c11-8-4-2-5-9(12)7(8)3-1-6-10(13)14/h2,4-5H,3H2,(H,13,14). The third-order valence-electron chi connectivity index (χ3n) is 1.52. The molecule has 4 heteroatoms. The zero-order valence-corrected chi connectivity index (χ0v) is 7.05. The van der Waals surface area contributed by atoms with Crippen LogP contribution < -0.4 is 0 Å². The van der Waals surface area contributed by atoms with Crippen LogP contribution in [0.15, 0.2) is 18.2 Å². The first-order chi connectivity index (χ1) is 6.61. The van der Waals surface area contributed by atoms with Gasteiger partial charge in [0.2, 0.25) is 0 Å². The zero-order chi connectivity index (χ0) is 10.6. The Hall–Kier alpha value is -1.89. The lowest BCUT2D eigenvalue weighted by Gasteiger charge is -1.98. The van der Waals surface area contributed by atoms with E-state index in [0.29, 0.717) is 0 Å². The Morgan fingerprint density at radius 1 is 1.36 bits per heavy atom. The number of benzene rings is 1. The van der Waals surface area contributed by atoms with Crippen molar-refractivity contribution in [3.05, 3.63) is 35.4 Å². The van der Waals surface area contributed by atoms with Gasteiger partial charge in [0.1, 0.15) is 11.6 Å². The van der Waals surface area contributed by atoms with E-state index in [-0.39, 0.29) is 12.0 Å². The van der Waals surface area contributed by atoms with E-state index in [4.69, 9.17) is 5.11 Å². The van der Waals surface area contributed by atoms with E-state index in [2.05, 4.69) is 5.92 Å². The molecular weight excluding hydrogens is 190 g/mol. The van der Waals surface area contributed by atoms with Crippen LogP contribution >= 0.6 is 0 Å². The van der Waals surface area contributed by atoms with Crippen molar-refractivity contribution in [3.8, 4) is 11.8 Å². The first kappa shape index (κ1) is 10.2. The number of hydrogen-bond donors (Lipinski definition) is 1. The monoisotopic (exact) mass is 196 g/mol. The predicted molar refractivity (Wildman–Crippen MR) is 45.5 cm³/mol. The second kappa shape index (κ2) is 4.38. The number of carboxylic acid groups (broad SMARTS) is 1. The molecule has 0 amide bonds. The molecule has 0 radical (unpaired) electrons. The smallest absolute Gasteiger partial charge is 0.381 e. The van der Waals surface area contributed by atoms with Crippen molar-refractivity contribution < 1.29 is 18.7 Å². The molecule has 0 aliphatic rings. The normalized spacial score (nSPS) is 9.00. The summed E-state index contributed by atoms with van der Waals surface area (Å²) in [7, 11) is 0. The Morgan fingerprint density at radius 2 is 1.93 bits per heavy atom. The molecule has 0 aromatic heterocycles. The van der Waals surface area contributed by atoms with Gasteiger partial charge in [0.05, 0.1) is 0 Å². The first-order valence-electron chi connectivity index (χ1n) is 3.76. The molecule has 0 spiro atoms. The number of rotatable bonds is 1. The molecule has 2 nitrogen and oxygen atoms in total. The summed E-state index contributed by atoms with van der Waals surface area (Å²) in [6, 6.07) is 3.43. The van der Waals surface area contributed by atoms with Gasteiger partial charge in [-0.2, -0.15) is 0 Å². The van der Waals surface area contributed by atoms with Crippen molar-refractivity contribution in [2.45, 2.75) is 6.42 Å². The van der Waals surface area contributed by atoms with Gasteiger partial charge >= 0.3 is 5.97 Å². The maximum atomic E-state index is 12.9. The highest BCUT2D eigenvalue weighted by molar-refractivity contribution is 5.86. The largest absolute Gasteiger partial charge is 0.472 e. The molecule has 0 aliphatic heterocycles. The van der Waals surface area contributed by atoms with Crippen molar-refractivity contribution in [2.75, 3.05) is 0 Å². The van der Waals surface area contributed by atoms with Crippen LogP contribution in [-0.4, -0.2) is 11.1 Å². The van der Waals surface area contributed by atoms with E-state index in [0.717, 1.165) is 12.1 Å². The summed E-state index contributed by atoms with van der Waals surface area (Å²) in [6.07, 6.45) is -0.245. The summed E-state index contributed by atoms with van der Waals surface area (Å²) in [5.41, 5.74) is -0.207. The number of carbonyl (C=O) groups is 1. The maximum Gasteiger partial charge on any atom is 0.381 e. The molecule has 14 heavy (non-hydrogen) atoms. The van der Waals surface area contributed by atoms with E-state index in [1.807, 2.05) is 0 Å². The number of hydrogen-bond acceptors (Lipinski definition) is 1. The van der Waals surface area contributed by atoms with Crippen molar-refractivity contribution >= 4 is 5.97 Å². The van der Waals surface area contributed by atoms with E-state index in [9.17, 15) is 13.6 Å². The van der Waals surface area contributed by atoms with Gasteiger partial charge in [-0.25, -0.2) is 13.6 Å². The maximum absolute atomic E-state index is 12.9. The van der Waals surface area contributed by atoms with Gasteiger partial charge < -0.3 is 5.11 Å². The van der Waals surface area contributed by atoms with E-state index < -0.39 is 17.6 Å². The van der Waals surface area contributed by atoms with Crippen molar-refractivity contribution in [2.24, 2.45) is 0 Å². The number of carboxylic acids is 1. The summed E-state index contributed by atoms with van der Waals surface area (Å²) in [4.78, 5) is 10.00. The minimum absolute atomic E-state index is 0.207. The second-order valence-electron chi connectivity index (χ2n) is 2.48. The van der Waals surface area contributed by atoms with Gasteiger partial charge in [0.25, 0.3) is 0 Å². The minimum atomic E-state index is -1.32. The Kier molecular flexibility index (Phi) is 3.19. The molecule has 1 aromatic carbocycles. The Balaban J connectivity index is 2.88. The van der Waals surface area contributed by atoms with Gasteiger partial charge in [-0.1, -0.05) is 12.0 Å². The lowest BCUT2D eigenvalue weighted by atomic mass is 10.1. The lowest BCUT2D eigenvalue weighted by Crippen LogP contribution is -1.94. The van der Waals surface area contributed by atoms with E-state index in [1.54, 1.807) is 5.92 Å². The molecular formula is C10H6F2O2. The summed E-state index contributed by atoms with van der Waals surface area (Å²) in [5.74, 6) is 1.18. The molecule has 0 atom stereocenters. The first-order valence-corrected chi connectivity index (χ1v) is 3.76. The highest BCUT2D eigenvalue weighted by Crippen LogP contribution is 2.11. The fourth-order valence-corrected chi connectivity index (χ4v) is 0.909. The van der Waals surface area contributed by atoms with Crippen LogP contribution in [0.3, 0.4) is 0 Å². The van der Waals surface area contributed by atoms with Crippen molar-refractivity contribution in [1.82, 2.24) is 0 Å². The summed E-state index contributed by atoms with van der Waals surface area (Å²) >= 11 is 0. The molecule has 1 aromatic rings. The van der Waals surface area contributed by atoms with Gasteiger partial charge in [-0.3, -0.25) is 0 Å². The Bertz CT molecular complexity index is 396. The number of aliphatic carboxylic acids is 1. The van der Waals surface area contributed by atoms with E-state index in [1.165, 1.54) is 6.07 Å². The van der Waals surface area contributed by atoms with Gasteiger partial charge in [0.15, 0.2) is 0 Å². The predicted octanol–water partition coefficient (Wildman–Crippen LogP) is 1.60. The molecule has 0 bridgehead atoms. The minimum Gasteiger partial charge on any atom is -0.472 e. The van der Waals surface area contributed by atoms with Gasteiger partial charge in [-0.05, 0) is 12.1 Å². The zero-order valence-electron chi connectivity index (χ0n) is 7.05. The Morgan fingerprint density at radius 3 is 2.43 bits per heavy atom. The topological polar surface area (TPSA) is 37.3 Å². The van der Waals surface area contributed by atoms with Crippen molar-refractivity contribution in [3.63, 3.8) is 0 Å². The fraction of sp³-hybridized carbons (Fsp3) is 0.100. The second-order valence-corrected chi connectivity index (χ2v) is 2.48. The summed E-state index contributed by atoms with van der Waals surface area (Å²) in [6.45, 7) is 0. The van der Waals surface area contributed by atoms with Crippen LogP contribution in [0.1, 0.15) is 5.56 Å². The molecule has 0 saturated carbocycles. The van der Waals surface area contributed by atoms with Crippen LogP contribution in [0, 0.1) is 23.5 Å². The van der Waals surface area contributed by atoms with Crippen molar-refractivity contribution in [1.29, 1.82) is 0 Å². The SMILES string of the molecule is O=C(O)C#CCc1c(F)cccc1F. The van der Waals surface area contributed by atoms with Crippen LogP contribution in [0.25, 0.3) is 0 Å². The fourth-order valence-electron chi connectivity index (χ4n) is 0.909. The average Bonchev–Trinajstić information content (AvgIpc) is 2.09. The molecule has 72 valence electrons. The highest BCUT2D eigenvalue weighted by Gasteiger charge is 2.05. The van der Waals surface area contributed by atoms with Gasteiger partial charge in [0, 0.05) is 17.9 Å². The highest BCUT2D eigenvalue weighted by atomic mass is 19.1. The molecule has 0 fully saturated rings. The van der Waals surface area contributed by atoms with Crippen LogP contribution in [0.5, 0.6) is 0 Å². The quantitative estimate of drug-likeness (QED) is 0.692. The lowest BCUT2D eigenvalue weighted by molar-refractivity contribution is -0.130. The molecule has 0 saturated heterocycles. The summed E-state index contributed by atoms with van der Waals surface area (Å²) < 4.78 is 25.8. The third kappa shape index (κ3) is 2.56. The Labute approximate surface area is 79.2 Å². The van der Waals surface area contributed by atoms with E-state index >= 15 is 0 Å². The van der Waals surface area contributed by atoms with Gasteiger partial charge in [-0.15, -0.1) is 0 Å². The molecule has 1 rings (SSSR count). The number of halogens is 2. The molecule has 0 aliphatic carbocycles. The molecule has 0 unspecified atom stereocenters. The third-order valence-corrected chi connectivity index (χ3v) is 1.52. The van der Waals surface area contributed by atoms with Crippen LogP contribution in [-0.2, 0) is 11.2 Å². The van der Waals surface area contributed by atoms with Crippen LogP contribution in [0.2, 0.25) is 0 Å². The van der Waals surface area contributed by atoms with Crippen LogP contribution in [0.4, 0.5) is 8.78 Å². The summed E-state index contributed by atoms with van der Waals surface area (Å²) in [5, 5.41) is 8.17.